The predicted molar refractivity (Wildman–Crippen MR) is 81.9 cm³/mol. The minimum atomic E-state index is -0.440. The zero-order chi connectivity index (χ0) is 15.0. The van der Waals surface area contributed by atoms with Crippen LogP contribution in [0.3, 0.4) is 0 Å². The number of rotatable bonds is 6. The SMILES string of the molecule is CCC(CNCC1CCNCC1)NC(=O)OC(C)(C)C. The summed E-state index contributed by atoms with van der Waals surface area (Å²) in [5, 5.41) is 9.77. The van der Waals surface area contributed by atoms with E-state index in [1.807, 2.05) is 20.8 Å². The molecule has 0 aromatic heterocycles. The Bertz CT molecular complexity index is 283. The number of alkyl carbamates (subject to hydrolysis) is 1. The first kappa shape index (κ1) is 17.2. The third-order valence-electron chi connectivity index (χ3n) is 3.50. The van der Waals surface area contributed by atoms with Crippen LogP contribution in [-0.2, 0) is 4.74 Å². The maximum Gasteiger partial charge on any atom is 0.407 e. The lowest BCUT2D eigenvalue weighted by Crippen LogP contribution is -2.45. The molecule has 20 heavy (non-hydrogen) atoms. The monoisotopic (exact) mass is 285 g/mol. The fraction of sp³-hybridized carbons (Fsp3) is 0.933. The molecule has 1 heterocycles. The third-order valence-corrected chi connectivity index (χ3v) is 3.50. The van der Waals surface area contributed by atoms with Gasteiger partial charge in [0.1, 0.15) is 5.60 Å². The summed E-state index contributed by atoms with van der Waals surface area (Å²) in [5.74, 6) is 0.760. The van der Waals surface area contributed by atoms with Gasteiger partial charge in [0.25, 0.3) is 0 Å². The van der Waals surface area contributed by atoms with Gasteiger partial charge in [-0.15, -0.1) is 0 Å². The molecule has 1 saturated heterocycles. The van der Waals surface area contributed by atoms with Crippen molar-refractivity contribution >= 4 is 6.09 Å². The van der Waals surface area contributed by atoms with Gasteiger partial charge in [-0.05, 0) is 65.6 Å². The number of ether oxygens (including phenoxy) is 1. The molecule has 1 unspecified atom stereocenters. The van der Waals surface area contributed by atoms with E-state index in [-0.39, 0.29) is 12.1 Å². The first-order chi connectivity index (χ1) is 9.40. The van der Waals surface area contributed by atoms with Gasteiger partial charge in [-0.2, -0.15) is 0 Å². The second-order valence-corrected chi connectivity index (χ2v) is 6.60. The maximum absolute atomic E-state index is 11.7. The molecule has 5 heteroatoms. The number of carbonyl (C=O) groups is 1. The average molecular weight is 285 g/mol. The fourth-order valence-electron chi connectivity index (χ4n) is 2.32. The molecule has 0 aromatic carbocycles. The number of nitrogens with one attached hydrogen (secondary N) is 3. The molecule has 1 aliphatic rings. The van der Waals surface area contributed by atoms with Crippen LogP contribution in [0.2, 0.25) is 0 Å². The highest BCUT2D eigenvalue weighted by Gasteiger charge is 2.19. The van der Waals surface area contributed by atoms with Crippen molar-refractivity contribution < 1.29 is 9.53 Å². The average Bonchev–Trinajstić information content (AvgIpc) is 2.36. The van der Waals surface area contributed by atoms with Crippen LogP contribution in [0.15, 0.2) is 0 Å². The molecule has 0 spiro atoms. The zero-order valence-electron chi connectivity index (χ0n) is 13.4. The smallest absolute Gasteiger partial charge is 0.407 e. The van der Waals surface area contributed by atoms with Crippen LogP contribution in [0.4, 0.5) is 4.79 Å². The van der Waals surface area contributed by atoms with Crippen LogP contribution in [0, 0.1) is 5.92 Å². The summed E-state index contributed by atoms with van der Waals surface area (Å²) in [7, 11) is 0. The number of hydrogen-bond donors (Lipinski definition) is 3. The third kappa shape index (κ3) is 7.70. The lowest BCUT2D eigenvalue weighted by molar-refractivity contribution is 0.0502. The summed E-state index contributed by atoms with van der Waals surface area (Å²) in [6.45, 7) is 11.8. The Labute approximate surface area is 123 Å². The Morgan fingerprint density at radius 1 is 1.35 bits per heavy atom. The molecule has 1 fully saturated rings. The van der Waals surface area contributed by atoms with Crippen molar-refractivity contribution in [2.45, 2.75) is 58.6 Å². The van der Waals surface area contributed by atoms with E-state index in [1.54, 1.807) is 0 Å². The van der Waals surface area contributed by atoms with E-state index >= 15 is 0 Å². The van der Waals surface area contributed by atoms with Gasteiger partial charge in [-0.3, -0.25) is 0 Å². The molecule has 1 rings (SSSR count). The van der Waals surface area contributed by atoms with Crippen molar-refractivity contribution in [3.8, 4) is 0 Å². The molecule has 5 nitrogen and oxygen atoms in total. The molecule has 0 saturated carbocycles. The largest absolute Gasteiger partial charge is 0.444 e. The summed E-state index contributed by atoms with van der Waals surface area (Å²) in [6.07, 6.45) is 3.05. The Hall–Kier alpha value is -0.810. The lowest BCUT2D eigenvalue weighted by atomic mass is 9.98. The van der Waals surface area contributed by atoms with Crippen LogP contribution in [-0.4, -0.2) is 43.9 Å². The van der Waals surface area contributed by atoms with Crippen molar-refractivity contribution in [2.75, 3.05) is 26.2 Å². The summed E-state index contributed by atoms with van der Waals surface area (Å²) in [5.41, 5.74) is -0.440. The minimum Gasteiger partial charge on any atom is -0.444 e. The van der Waals surface area contributed by atoms with Gasteiger partial charge < -0.3 is 20.7 Å². The molecular weight excluding hydrogens is 254 g/mol. The van der Waals surface area contributed by atoms with E-state index in [0.717, 1.165) is 38.5 Å². The second-order valence-electron chi connectivity index (χ2n) is 6.60. The summed E-state index contributed by atoms with van der Waals surface area (Å²) in [6, 6.07) is 0.131. The van der Waals surface area contributed by atoms with Crippen molar-refractivity contribution in [3.05, 3.63) is 0 Å². The molecule has 1 aliphatic heterocycles. The van der Waals surface area contributed by atoms with E-state index < -0.39 is 5.60 Å². The molecule has 3 N–H and O–H groups in total. The zero-order valence-corrected chi connectivity index (χ0v) is 13.4. The number of piperidine rings is 1. The van der Waals surface area contributed by atoms with E-state index in [2.05, 4.69) is 22.9 Å². The molecule has 0 bridgehead atoms. The van der Waals surface area contributed by atoms with Crippen LogP contribution < -0.4 is 16.0 Å². The molecule has 0 aromatic rings. The Kier molecular flexibility index (Phi) is 7.30. The van der Waals surface area contributed by atoms with Gasteiger partial charge in [0.2, 0.25) is 0 Å². The summed E-state index contributed by atoms with van der Waals surface area (Å²) >= 11 is 0. The fourth-order valence-corrected chi connectivity index (χ4v) is 2.32. The van der Waals surface area contributed by atoms with Crippen molar-refractivity contribution in [1.82, 2.24) is 16.0 Å². The summed E-state index contributed by atoms with van der Waals surface area (Å²) in [4.78, 5) is 11.7. The number of hydrogen-bond acceptors (Lipinski definition) is 4. The second kappa shape index (κ2) is 8.47. The Morgan fingerprint density at radius 2 is 2.00 bits per heavy atom. The molecule has 0 aliphatic carbocycles. The van der Waals surface area contributed by atoms with E-state index in [1.165, 1.54) is 12.8 Å². The van der Waals surface area contributed by atoms with Crippen LogP contribution in [0.25, 0.3) is 0 Å². The highest BCUT2D eigenvalue weighted by molar-refractivity contribution is 5.68. The van der Waals surface area contributed by atoms with Crippen LogP contribution in [0.5, 0.6) is 0 Å². The van der Waals surface area contributed by atoms with Crippen molar-refractivity contribution in [1.29, 1.82) is 0 Å². The number of carbonyl (C=O) groups excluding carboxylic acids is 1. The van der Waals surface area contributed by atoms with Crippen LogP contribution >= 0.6 is 0 Å². The quantitative estimate of drug-likeness (QED) is 0.697. The number of amides is 1. The van der Waals surface area contributed by atoms with E-state index in [0.29, 0.717) is 0 Å². The molecule has 118 valence electrons. The maximum atomic E-state index is 11.7. The minimum absolute atomic E-state index is 0.131. The first-order valence-corrected chi connectivity index (χ1v) is 7.81. The van der Waals surface area contributed by atoms with Gasteiger partial charge >= 0.3 is 6.09 Å². The van der Waals surface area contributed by atoms with Gasteiger partial charge in [-0.1, -0.05) is 6.92 Å². The molecule has 1 amide bonds. The van der Waals surface area contributed by atoms with Gasteiger partial charge in [-0.25, -0.2) is 4.79 Å². The van der Waals surface area contributed by atoms with Gasteiger partial charge in [0.05, 0.1) is 0 Å². The van der Waals surface area contributed by atoms with E-state index in [4.69, 9.17) is 4.74 Å². The summed E-state index contributed by atoms with van der Waals surface area (Å²) < 4.78 is 5.28. The highest BCUT2D eigenvalue weighted by atomic mass is 16.6. The van der Waals surface area contributed by atoms with E-state index in [9.17, 15) is 4.79 Å². The molecule has 0 radical (unpaired) electrons. The normalized spacial score (nSPS) is 18.6. The first-order valence-electron chi connectivity index (χ1n) is 7.81. The Balaban J connectivity index is 2.19. The molecule has 1 atom stereocenters. The predicted octanol–water partition coefficient (Wildman–Crippen LogP) is 1.88. The molecular formula is C15H31N3O2. The standard InChI is InChI=1S/C15H31N3O2/c1-5-13(18-14(19)20-15(2,3)4)11-17-10-12-6-8-16-9-7-12/h12-13,16-17H,5-11H2,1-4H3,(H,18,19). The Morgan fingerprint density at radius 3 is 2.55 bits per heavy atom. The van der Waals surface area contributed by atoms with Crippen molar-refractivity contribution in [2.24, 2.45) is 5.92 Å². The topological polar surface area (TPSA) is 62.4 Å². The van der Waals surface area contributed by atoms with Gasteiger partial charge in [0.15, 0.2) is 0 Å². The van der Waals surface area contributed by atoms with Gasteiger partial charge in [0, 0.05) is 12.6 Å². The van der Waals surface area contributed by atoms with Crippen molar-refractivity contribution in [3.63, 3.8) is 0 Å². The lowest BCUT2D eigenvalue weighted by Gasteiger charge is -2.25. The highest BCUT2D eigenvalue weighted by Crippen LogP contribution is 2.10. The van der Waals surface area contributed by atoms with Crippen LogP contribution in [0.1, 0.15) is 47.0 Å².